The first-order valence-electron chi connectivity index (χ1n) is 8.47. The Morgan fingerprint density at radius 3 is 2.46 bits per heavy atom. The molecule has 134 valence electrons. The van der Waals surface area contributed by atoms with Crippen LogP contribution in [0, 0.1) is 5.92 Å². The summed E-state index contributed by atoms with van der Waals surface area (Å²) in [5.41, 5.74) is 2.22. The number of allylic oxidation sites excluding steroid dienone is 3. The lowest BCUT2D eigenvalue weighted by Crippen LogP contribution is -2.41. The van der Waals surface area contributed by atoms with Crippen LogP contribution < -0.4 is 5.32 Å². The van der Waals surface area contributed by atoms with Crippen molar-refractivity contribution in [2.45, 2.75) is 25.2 Å². The highest BCUT2D eigenvalue weighted by atomic mass is 32.1. The van der Waals surface area contributed by atoms with Gasteiger partial charge in [-0.25, -0.2) is 4.79 Å². The Morgan fingerprint density at radius 1 is 1.15 bits per heavy atom. The van der Waals surface area contributed by atoms with E-state index >= 15 is 0 Å². The average Bonchev–Trinajstić information content (AvgIpc) is 3.33. The van der Waals surface area contributed by atoms with Crippen LogP contribution >= 0.6 is 22.7 Å². The molecule has 0 amide bonds. The number of carbonyl (C=O) groups excluding carboxylic acids is 2. The summed E-state index contributed by atoms with van der Waals surface area (Å²) in [5.74, 6) is -0.756. The highest BCUT2D eigenvalue weighted by molar-refractivity contribution is 7.10. The molecule has 2 aromatic heterocycles. The molecule has 2 aromatic rings. The zero-order chi connectivity index (χ0) is 18.3. The van der Waals surface area contributed by atoms with Crippen LogP contribution in [0.4, 0.5) is 0 Å². The van der Waals surface area contributed by atoms with E-state index in [0.29, 0.717) is 12.0 Å². The molecule has 0 saturated carbocycles. The SMILES string of the molecule is COC(=O)C1=C(C)NC2=CC(c3cccs3)CC(=O)C2C1c1cccs1. The number of thiophene rings is 2. The van der Waals surface area contributed by atoms with Gasteiger partial charge < -0.3 is 10.1 Å². The zero-order valence-corrected chi connectivity index (χ0v) is 16.2. The molecule has 0 radical (unpaired) electrons. The van der Waals surface area contributed by atoms with Crippen LogP contribution in [0.25, 0.3) is 0 Å². The Hall–Kier alpha value is -2.18. The maximum atomic E-state index is 13.2. The van der Waals surface area contributed by atoms with Gasteiger partial charge in [-0.3, -0.25) is 4.79 Å². The molecule has 1 aliphatic heterocycles. The van der Waals surface area contributed by atoms with Gasteiger partial charge in [0.1, 0.15) is 5.78 Å². The van der Waals surface area contributed by atoms with Gasteiger partial charge in [0.15, 0.2) is 0 Å². The number of hydrogen-bond donors (Lipinski definition) is 1. The largest absolute Gasteiger partial charge is 0.466 e. The molecule has 4 rings (SSSR count). The van der Waals surface area contributed by atoms with Crippen molar-refractivity contribution in [2.75, 3.05) is 7.11 Å². The number of carbonyl (C=O) groups is 2. The number of esters is 1. The fourth-order valence-electron chi connectivity index (χ4n) is 3.91. The normalized spacial score (nSPS) is 25.4. The first kappa shape index (κ1) is 17.2. The summed E-state index contributed by atoms with van der Waals surface area (Å²) in [4.78, 5) is 27.8. The van der Waals surface area contributed by atoms with E-state index in [1.54, 1.807) is 22.7 Å². The minimum atomic E-state index is -0.374. The maximum absolute atomic E-state index is 13.2. The van der Waals surface area contributed by atoms with Crippen LogP contribution in [0.1, 0.15) is 34.9 Å². The van der Waals surface area contributed by atoms with Crippen molar-refractivity contribution < 1.29 is 14.3 Å². The Kier molecular flexibility index (Phi) is 4.54. The smallest absolute Gasteiger partial charge is 0.336 e. The highest BCUT2D eigenvalue weighted by Crippen LogP contribution is 2.47. The Balaban J connectivity index is 1.83. The first-order valence-corrected chi connectivity index (χ1v) is 10.2. The molecular formula is C20H19NO3S2. The van der Waals surface area contributed by atoms with Gasteiger partial charge in [0.05, 0.1) is 18.6 Å². The summed E-state index contributed by atoms with van der Waals surface area (Å²) in [5, 5.41) is 7.34. The molecule has 0 aromatic carbocycles. The summed E-state index contributed by atoms with van der Waals surface area (Å²) in [6.07, 6.45) is 2.63. The molecule has 0 bridgehead atoms. The molecule has 0 saturated heterocycles. The van der Waals surface area contributed by atoms with Crippen LogP contribution in [-0.4, -0.2) is 18.9 Å². The van der Waals surface area contributed by atoms with E-state index in [0.717, 1.165) is 16.3 Å². The molecular weight excluding hydrogens is 366 g/mol. The third-order valence-electron chi connectivity index (χ3n) is 5.03. The van der Waals surface area contributed by atoms with Crippen molar-refractivity contribution in [3.63, 3.8) is 0 Å². The maximum Gasteiger partial charge on any atom is 0.336 e. The molecule has 3 atom stereocenters. The number of ketones is 1. The average molecular weight is 386 g/mol. The zero-order valence-electron chi connectivity index (χ0n) is 14.5. The molecule has 3 heterocycles. The second-order valence-electron chi connectivity index (χ2n) is 6.54. The van der Waals surface area contributed by atoms with E-state index in [9.17, 15) is 9.59 Å². The molecule has 4 nitrogen and oxygen atoms in total. The topological polar surface area (TPSA) is 55.4 Å². The summed E-state index contributed by atoms with van der Waals surface area (Å²) in [6, 6.07) is 8.03. The Morgan fingerprint density at radius 2 is 1.85 bits per heavy atom. The van der Waals surface area contributed by atoms with Gasteiger partial charge in [-0.1, -0.05) is 18.2 Å². The third-order valence-corrected chi connectivity index (χ3v) is 6.99. The van der Waals surface area contributed by atoms with E-state index in [-0.39, 0.29) is 29.5 Å². The van der Waals surface area contributed by atoms with Gasteiger partial charge >= 0.3 is 5.97 Å². The summed E-state index contributed by atoms with van der Waals surface area (Å²) in [6.45, 7) is 1.88. The molecule has 1 N–H and O–H groups in total. The minimum Gasteiger partial charge on any atom is -0.466 e. The molecule has 3 unspecified atom stereocenters. The predicted octanol–water partition coefficient (Wildman–Crippen LogP) is 4.20. The van der Waals surface area contributed by atoms with Crippen molar-refractivity contribution in [1.29, 1.82) is 0 Å². The Bertz CT molecular complexity index is 894. The van der Waals surface area contributed by atoms with Crippen LogP contribution in [0.2, 0.25) is 0 Å². The lowest BCUT2D eigenvalue weighted by molar-refractivity contribution is -0.136. The molecule has 26 heavy (non-hydrogen) atoms. The minimum absolute atomic E-state index is 0.0951. The van der Waals surface area contributed by atoms with Crippen LogP contribution in [0.15, 0.2) is 58.1 Å². The number of rotatable bonds is 3. The first-order chi connectivity index (χ1) is 12.6. The summed E-state index contributed by atoms with van der Waals surface area (Å²) < 4.78 is 5.02. The number of nitrogens with one attached hydrogen (secondary N) is 1. The van der Waals surface area contributed by atoms with Crippen molar-refractivity contribution in [3.05, 3.63) is 67.8 Å². The van der Waals surface area contributed by atoms with Crippen LogP contribution in [0.5, 0.6) is 0 Å². The van der Waals surface area contributed by atoms with E-state index in [2.05, 4.69) is 17.5 Å². The molecule has 0 fully saturated rings. The van der Waals surface area contributed by atoms with Gasteiger partial charge in [0.25, 0.3) is 0 Å². The number of ether oxygens (including phenoxy) is 1. The van der Waals surface area contributed by atoms with Gasteiger partial charge in [0, 0.05) is 39.4 Å². The fraction of sp³-hybridized carbons (Fsp3) is 0.300. The van der Waals surface area contributed by atoms with E-state index < -0.39 is 0 Å². The van der Waals surface area contributed by atoms with E-state index in [4.69, 9.17) is 4.74 Å². The molecule has 6 heteroatoms. The molecule has 2 aliphatic rings. The van der Waals surface area contributed by atoms with Gasteiger partial charge in [0.2, 0.25) is 0 Å². The predicted molar refractivity (Wildman–Crippen MR) is 103 cm³/mol. The quantitative estimate of drug-likeness (QED) is 0.805. The summed E-state index contributed by atoms with van der Waals surface area (Å²) in [7, 11) is 1.38. The van der Waals surface area contributed by atoms with Crippen molar-refractivity contribution in [1.82, 2.24) is 5.32 Å². The number of fused-ring (bicyclic) bond motifs is 1. The Labute approximate surface area is 160 Å². The van der Waals surface area contributed by atoms with Crippen molar-refractivity contribution in [2.24, 2.45) is 5.92 Å². The third kappa shape index (κ3) is 2.83. The number of methoxy groups -OCH3 is 1. The van der Waals surface area contributed by atoms with E-state index in [1.807, 2.05) is 35.9 Å². The standard InChI is InChI=1S/C20H19NO3S2/c1-11-17(20(23)24-2)19(16-6-4-8-26-16)18-13(21-11)9-12(10-14(18)22)15-5-3-7-25-15/h3-9,12,18-19,21H,10H2,1-2H3. The lowest BCUT2D eigenvalue weighted by Gasteiger charge is -2.38. The van der Waals surface area contributed by atoms with Crippen LogP contribution in [-0.2, 0) is 14.3 Å². The second kappa shape index (κ2) is 6.85. The molecule has 1 aliphatic carbocycles. The highest BCUT2D eigenvalue weighted by Gasteiger charge is 2.45. The fourth-order valence-corrected chi connectivity index (χ4v) is 5.58. The van der Waals surface area contributed by atoms with Gasteiger partial charge in [-0.15, -0.1) is 22.7 Å². The van der Waals surface area contributed by atoms with Gasteiger partial charge in [-0.2, -0.15) is 0 Å². The monoisotopic (exact) mass is 385 g/mol. The number of hydrogen-bond acceptors (Lipinski definition) is 6. The second-order valence-corrected chi connectivity index (χ2v) is 8.50. The lowest BCUT2D eigenvalue weighted by atomic mass is 9.71. The van der Waals surface area contributed by atoms with E-state index in [1.165, 1.54) is 12.0 Å². The van der Waals surface area contributed by atoms with Crippen LogP contribution in [0.3, 0.4) is 0 Å². The van der Waals surface area contributed by atoms with Crippen molar-refractivity contribution >= 4 is 34.4 Å². The molecule has 0 spiro atoms. The number of Topliss-reactive ketones (excluding diaryl/α,β-unsaturated/α-hetero) is 1. The van der Waals surface area contributed by atoms with Gasteiger partial charge in [-0.05, 0) is 29.8 Å². The van der Waals surface area contributed by atoms with Crippen molar-refractivity contribution in [3.8, 4) is 0 Å². The summed E-state index contributed by atoms with van der Waals surface area (Å²) >= 11 is 3.24.